The first-order valence-electron chi connectivity index (χ1n) is 5.57. The number of hydrogen-bond donors (Lipinski definition) is 0. The minimum absolute atomic E-state index is 0.0699. The van der Waals surface area contributed by atoms with E-state index >= 15 is 0 Å². The van der Waals surface area contributed by atoms with Gasteiger partial charge in [-0.05, 0) is 36.4 Å². The molecule has 2 rings (SSSR count). The van der Waals surface area contributed by atoms with Crippen LogP contribution in [0, 0.1) is 0 Å². The zero-order chi connectivity index (χ0) is 12.8. The Morgan fingerprint density at radius 3 is 2.83 bits per heavy atom. The van der Waals surface area contributed by atoms with Gasteiger partial charge >= 0.3 is 0 Å². The Morgan fingerprint density at radius 1 is 1.22 bits per heavy atom. The SMILES string of the molecule is COc1cccc(C(=O)C=Cc2ccccn2)c1. The molecule has 3 nitrogen and oxygen atoms in total. The van der Waals surface area contributed by atoms with Crippen molar-refractivity contribution >= 4 is 11.9 Å². The lowest BCUT2D eigenvalue weighted by Gasteiger charge is -2.00. The molecule has 0 fully saturated rings. The highest BCUT2D eigenvalue weighted by molar-refractivity contribution is 6.06. The number of pyridine rings is 1. The number of methoxy groups -OCH3 is 1. The Hall–Kier alpha value is -2.42. The fraction of sp³-hybridized carbons (Fsp3) is 0.0667. The number of benzene rings is 1. The van der Waals surface area contributed by atoms with Crippen molar-refractivity contribution in [3.8, 4) is 5.75 Å². The summed E-state index contributed by atoms with van der Waals surface area (Å²) in [7, 11) is 1.58. The number of carbonyl (C=O) groups is 1. The van der Waals surface area contributed by atoms with Crippen molar-refractivity contribution in [3.05, 3.63) is 66.0 Å². The molecule has 0 unspecified atom stereocenters. The lowest BCUT2D eigenvalue weighted by atomic mass is 10.1. The third kappa shape index (κ3) is 3.04. The average molecular weight is 239 g/mol. The van der Waals surface area contributed by atoms with E-state index in [2.05, 4.69) is 4.98 Å². The Labute approximate surface area is 106 Å². The molecular formula is C15H13NO2. The van der Waals surface area contributed by atoms with Crippen LogP contribution in [0.4, 0.5) is 0 Å². The Kier molecular flexibility index (Phi) is 3.86. The zero-order valence-corrected chi connectivity index (χ0v) is 10.0. The van der Waals surface area contributed by atoms with E-state index in [9.17, 15) is 4.79 Å². The van der Waals surface area contributed by atoms with Crippen LogP contribution in [0.25, 0.3) is 6.08 Å². The minimum Gasteiger partial charge on any atom is -0.497 e. The van der Waals surface area contributed by atoms with Gasteiger partial charge in [0.2, 0.25) is 0 Å². The van der Waals surface area contributed by atoms with Gasteiger partial charge < -0.3 is 4.74 Å². The number of nitrogens with zero attached hydrogens (tertiary/aromatic N) is 1. The van der Waals surface area contributed by atoms with Gasteiger partial charge in [-0.25, -0.2) is 0 Å². The Balaban J connectivity index is 2.14. The van der Waals surface area contributed by atoms with E-state index < -0.39 is 0 Å². The van der Waals surface area contributed by atoms with E-state index in [0.717, 1.165) is 5.69 Å². The van der Waals surface area contributed by atoms with Gasteiger partial charge in [-0.3, -0.25) is 9.78 Å². The molecule has 3 heteroatoms. The number of ketones is 1. The summed E-state index contributed by atoms with van der Waals surface area (Å²) in [5.74, 6) is 0.603. The van der Waals surface area contributed by atoms with Gasteiger partial charge in [0.15, 0.2) is 5.78 Å². The summed E-state index contributed by atoms with van der Waals surface area (Å²) in [6.07, 6.45) is 4.90. The molecule has 0 bridgehead atoms. The third-order valence-electron chi connectivity index (χ3n) is 2.45. The first-order chi connectivity index (χ1) is 8.79. The molecule has 1 heterocycles. The van der Waals surface area contributed by atoms with Crippen LogP contribution in [-0.2, 0) is 0 Å². The van der Waals surface area contributed by atoms with Crippen molar-refractivity contribution in [2.75, 3.05) is 7.11 Å². The van der Waals surface area contributed by atoms with Crippen molar-refractivity contribution in [1.82, 2.24) is 4.98 Å². The van der Waals surface area contributed by atoms with Crippen molar-refractivity contribution in [1.29, 1.82) is 0 Å². The smallest absolute Gasteiger partial charge is 0.186 e. The summed E-state index contributed by atoms with van der Waals surface area (Å²) >= 11 is 0. The van der Waals surface area contributed by atoms with Gasteiger partial charge in [0, 0.05) is 11.8 Å². The van der Waals surface area contributed by atoms with Crippen LogP contribution in [0.5, 0.6) is 5.75 Å². The van der Waals surface area contributed by atoms with Crippen molar-refractivity contribution < 1.29 is 9.53 Å². The van der Waals surface area contributed by atoms with Gasteiger partial charge in [0.25, 0.3) is 0 Å². The summed E-state index contributed by atoms with van der Waals surface area (Å²) in [5.41, 5.74) is 1.36. The molecule has 0 atom stereocenters. The Morgan fingerprint density at radius 2 is 2.11 bits per heavy atom. The molecule has 0 aliphatic heterocycles. The van der Waals surface area contributed by atoms with E-state index in [0.29, 0.717) is 11.3 Å². The number of allylic oxidation sites excluding steroid dienone is 1. The molecule has 0 saturated heterocycles. The van der Waals surface area contributed by atoms with Gasteiger partial charge in [-0.15, -0.1) is 0 Å². The van der Waals surface area contributed by atoms with Crippen LogP contribution >= 0.6 is 0 Å². The maximum Gasteiger partial charge on any atom is 0.186 e. The summed E-state index contributed by atoms with van der Waals surface area (Å²) in [6.45, 7) is 0. The molecule has 0 spiro atoms. The van der Waals surface area contributed by atoms with Crippen LogP contribution < -0.4 is 4.74 Å². The van der Waals surface area contributed by atoms with E-state index in [1.165, 1.54) is 6.08 Å². The molecule has 0 radical (unpaired) electrons. The first kappa shape index (κ1) is 12.0. The molecular weight excluding hydrogens is 226 g/mol. The number of aromatic nitrogens is 1. The zero-order valence-electron chi connectivity index (χ0n) is 10.0. The fourth-order valence-electron chi connectivity index (χ4n) is 1.51. The van der Waals surface area contributed by atoms with Crippen molar-refractivity contribution in [3.63, 3.8) is 0 Å². The summed E-state index contributed by atoms with van der Waals surface area (Å²) in [4.78, 5) is 16.0. The normalized spacial score (nSPS) is 10.5. The maximum absolute atomic E-state index is 11.9. The summed E-state index contributed by atoms with van der Waals surface area (Å²) < 4.78 is 5.08. The highest BCUT2D eigenvalue weighted by Gasteiger charge is 2.02. The molecule has 1 aromatic heterocycles. The molecule has 2 aromatic rings. The quantitative estimate of drug-likeness (QED) is 0.608. The van der Waals surface area contributed by atoms with Crippen LogP contribution in [0.3, 0.4) is 0 Å². The fourth-order valence-corrected chi connectivity index (χ4v) is 1.51. The number of ether oxygens (including phenoxy) is 1. The number of hydrogen-bond acceptors (Lipinski definition) is 3. The second-order valence-electron chi connectivity index (χ2n) is 3.68. The summed E-state index contributed by atoms with van der Waals surface area (Å²) in [6, 6.07) is 12.6. The van der Waals surface area contributed by atoms with Gasteiger partial charge in [-0.2, -0.15) is 0 Å². The maximum atomic E-state index is 11.9. The van der Waals surface area contributed by atoms with Crippen LogP contribution in [-0.4, -0.2) is 17.9 Å². The highest BCUT2D eigenvalue weighted by Crippen LogP contribution is 2.13. The van der Waals surface area contributed by atoms with E-state index in [1.54, 1.807) is 43.6 Å². The second kappa shape index (κ2) is 5.77. The first-order valence-corrected chi connectivity index (χ1v) is 5.57. The molecule has 1 aromatic carbocycles. The minimum atomic E-state index is -0.0699. The number of carbonyl (C=O) groups excluding carboxylic acids is 1. The largest absolute Gasteiger partial charge is 0.497 e. The average Bonchev–Trinajstić information content (AvgIpc) is 2.46. The third-order valence-corrected chi connectivity index (χ3v) is 2.45. The molecule has 0 saturated carbocycles. The van der Waals surface area contributed by atoms with Crippen LogP contribution in [0.2, 0.25) is 0 Å². The van der Waals surface area contributed by atoms with Crippen LogP contribution in [0.15, 0.2) is 54.7 Å². The molecule has 0 amide bonds. The monoisotopic (exact) mass is 239 g/mol. The van der Waals surface area contributed by atoms with Crippen molar-refractivity contribution in [2.24, 2.45) is 0 Å². The molecule has 0 N–H and O–H groups in total. The van der Waals surface area contributed by atoms with Crippen LogP contribution in [0.1, 0.15) is 16.1 Å². The Bertz CT molecular complexity index is 562. The van der Waals surface area contributed by atoms with Gasteiger partial charge in [-0.1, -0.05) is 18.2 Å². The highest BCUT2D eigenvalue weighted by atomic mass is 16.5. The van der Waals surface area contributed by atoms with Gasteiger partial charge in [0.05, 0.1) is 12.8 Å². The molecule has 0 aliphatic carbocycles. The predicted molar refractivity (Wildman–Crippen MR) is 70.6 cm³/mol. The lowest BCUT2D eigenvalue weighted by molar-refractivity contribution is 0.104. The van der Waals surface area contributed by atoms with Crippen molar-refractivity contribution in [2.45, 2.75) is 0 Å². The topological polar surface area (TPSA) is 39.2 Å². The number of rotatable bonds is 4. The standard InChI is InChI=1S/C15H13NO2/c1-18-14-7-4-5-12(11-14)15(17)9-8-13-6-2-3-10-16-13/h2-11H,1H3. The van der Waals surface area contributed by atoms with E-state index in [1.807, 2.05) is 18.2 Å². The summed E-state index contributed by atoms with van der Waals surface area (Å²) in [5, 5.41) is 0. The van der Waals surface area contributed by atoms with E-state index in [4.69, 9.17) is 4.74 Å². The molecule has 18 heavy (non-hydrogen) atoms. The second-order valence-corrected chi connectivity index (χ2v) is 3.68. The van der Waals surface area contributed by atoms with E-state index in [-0.39, 0.29) is 5.78 Å². The lowest BCUT2D eigenvalue weighted by Crippen LogP contribution is -1.95. The predicted octanol–water partition coefficient (Wildman–Crippen LogP) is 2.99. The molecule has 0 aliphatic rings. The molecule has 90 valence electrons. The van der Waals surface area contributed by atoms with Gasteiger partial charge in [0.1, 0.15) is 5.75 Å².